The molecule has 2 nitrogen and oxygen atoms in total. The summed E-state index contributed by atoms with van der Waals surface area (Å²) in [5, 5.41) is 0.743. The lowest BCUT2D eigenvalue weighted by Crippen LogP contribution is -2.31. The average Bonchev–Trinajstić information content (AvgIpc) is 2.53. The molecule has 0 aliphatic carbocycles. The lowest BCUT2D eigenvalue weighted by Gasteiger charge is -2.24. The fraction of sp³-hybridized carbons (Fsp3) is 0.167. The molecule has 24 heavy (non-hydrogen) atoms. The van der Waals surface area contributed by atoms with E-state index >= 15 is 0 Å². The number of fused-ring (bicyclic) bond motifs is 1. The van der Waals surface area contributed by atoms with Crippen LogP contribution in [-0.2, 0) is 0 Å². The Morgan fingerprint density at radius 3 is 2.33 bits per heavy atom. The summed E-state index contributed by atoms with van der Waals surface area (Å²) in [7, 11) is 1.37. The van der Waals surface area contributed by atoms with Crippen LogP contribution in [0.4, 0.5) is 23.2 Å². The summed E-state index contributed by atoms with van der Waals surface area (Å²) in [4.78, 5) is 5.60. The molecule has 3 aromatic rings. The molecule has 0 aliphatic heterocycles. The fourth-order valence-corrected chi connectivity index (χ4v) is 2.57. The Morgan fingerprint density at radius 2 is 1.67 bits per heavy atom. The second kappa shape index (κ2) is 6.11. The lowest BCUT2D eigenvalue weighted by molar-refractivity contribution is -0.119. The van der Waals surface area contributed by atoms with Crippen LogP contribution in [0.3, 0.4) is 0 Å². The lowest BCUT2D eigenvalue weighted by atomic mass is 10.1. The predicted molar refractivity (Wildman–Crippen MR) is 86.5 cm³/mol. The Balaban J connectivity index is 2.17. The van der Waals surface area contributed by atoms with Gasteiger partial charge in [0.1, 0.15) is 12.4 Å². The van der Waals surface area contributed by atoms with Crippen LogP contribution in [0.2, 0.25) is 0 Å². The third kappa shape index (κ3) is 3.48. The van der Waals surface area contributed by atoms with Crippen molar-refractivity contribution in [3.05, 3.63) is 60.4 Å². The van der Waals surface area contributed by atoms with Crippen LogP contribution in [0.15, 0.2) is 54.6 Å². The second-order valence-electron chi connectivity index (χ2n) is 5.53. The zero-order valence-electron chi connectivity index (χ0n) is 12.8. The third-order valence-corrected chi connectivity index (χ3v) is 3.65. The maximum Gasteiger partial charge on any atom is 0.405 e. The van der Waals surface area contributed by atoms with E-state index in [-0.39, 0.29) is 0 Å². The molecule has 124 valence electrons. The van der Waals surface area contributed by atoms with Crippen molar-refractivity contribution in [2.75, 3.05) is 18.5 Å². The summed E-state index contributed by atoms with van der Waals surface area (Å²) in [5.41, 5.74) is 1.96. The number of nitrogens with zero attached hydrogens (tertiary/aromatic N) is 2. The molecule has 1 heterocycles. The number of rotatable bonds is 3. The van der Waals surface area contributed by atoms with Crippen LogP contribution in [-0.4, -0.2) is 24.8 Å². The van der Waals surface area contributed by atoms with Crippen molar-refractivity contribution in [3.63, 3.8) is 0 Å². The molecule has 0 spiro atoms. The highest BCUT2D eigenvalue weighted by atomic mass is 19.4. The molecule has 0 aliphatic rings. The van der Waals surface area contributed by atoms with Crippen LogP contribution >= 0.6 is 0 Å². The molecule has 0 saturated heterocycles. The zero-order chi connectivity index (χ0) is 17.3. The predicted octanol–water partition coefficient (Wildman–Crippen LogP) is 5.04. The molecule has 0 bridgehead atoms. The standard InChI is InChI=1S/C18H14F4N2/c1-24(11-18(20,21)22)16-10-13-4-2-3-5-15(13)23-17(16)12-6-8-14(19)9-7-12/h2-10H,11H2,1H3. The van der Waals surface area contributed by atoms with Crippen LogP contribution in [0, 0.1) is 5.82 Å². The van der Waals surface area contributed by atoms with Crippen LogP contribution in [0.1, 0.15) is 0 Å². The van der Waals surface area contributed by atoms with Crippen molar-refractivity contribution >= 4 is 16.6 Å². The van der Waals surface area contributed by atoms with Gasteiger partial charge in [0.25, 0.3) is 0 Å². The first-order chi connectivity index (χ1) is 11.3. The van der Waals surface area contributed by atoms with E-state index in [2.05, 4.69) is 4.98 Å². The highest BCUT2D eigenvalue weighted by Crippen LogP contribution is 2.33. The number of benzene rings is 2. The largest absolute Gasteiger partial charge is 0.405 e. The van der Waals surface area contributed by atoms with Crippen molar-refractivity contribution < 1.29 is 17.6 Å². The molecular weight excluding hydrogens is 320 g/mol. The van der Waals surface area contributed by atoms with Gasteiger partial charge in [-0.1, -0.05) is 18.2 Å². The Morgan fingerprint density at radius 1 is 1.00 bits per heavy atom. The minimum Gasteiger partial charge on any atom is -0.364 e. The molecule has 0 amide bonds. The summed E-state index contributed by atoms with van der Waals surface area (Å²) in [5.74, 6) is -0.412. The number of anilines is 1. The van der Waals surface area contributed by atoms with Crippen LogP contribution in [0.25, 0.3) is 22.2 Å². The first-order valence-electron chi connectivity index (χ1n) is 7.27. The smallest absolute Gasteiger partial charge is 0.364 e. The first-order valence-corrected chi connectivity index (χ1v) is 7.27. The number of pyridine rings is 1. The highest BCUT2D eigenvalue weighted by Gasteiger charge is 2.30. The Kier molecular flexibility index (Phi) is 4.13. The van der Waals surface area contributed by atoms with E-state index in [4.69, 9.17) is 0 Å². The van der Waals surface area contributed by atoms with Gasteiger partial charge in [0.15, 0.2) is 0 Å². The van der Waals surface area contributed by atoms with Gasteiger partial charge >= 0.3 is 6.18 Å². The molecule has 0 fully saturated rings. The normalized spacial score (nSPS) is 11.7. The molecule has 0 unspecified atom stereocenters. The van der Waals surface area contributed by atoms with Gasteiger partial charge in [-0.15, -0.1) is 0 Å². The van der Waals surface area contributed by atoms with Gasteiger partial charge in [0.2, 0.25) is 0 Å². The Bertz CT molecular complexity index is 857. The van der Waals surface area contributed by atoms with Gasteiger partial charge < -0.3 is 4.90 Å². The second-order valence-corrected chi connectivity index (χ2v) is 5.53. The van der Waals surface area contributed by atoms with Crippen molar-refractivity contribution in [2.45, 2.75) is 6.18 Å². The van der Waals surface area contributed by atoms with Crippen LogP contribution in [0.5, 0.6) is 0 Å². The van der Waals surface area contributed by atoms with E-state index in [1.54, 1.807) is 24.3 Å². The SMILES string of the molecule is CN(CC(F)(F)F)c1cc2ccccc2nc1-c1ccc(F)cc1. The molecule has 1 aromatic heterocycles. The van der Waals surface area contributed by atoms with Crippen molar-refractivity contribution in [1.82, 2.24) is 4.98 Å². The molecule has 2 aromatic carbocycles. The van der Waals surface area contributed by atoms with Crippen molar-refractivity contribution in [1.29, 1.82) is 0 Å². The van der Waals surface area contributed by atoms with Crippen molar-refractivity contribution in [3.8, 4) is 11.3 Å². The van der Waals surface area contributed by atoms with Gasteiger partial charge in [-0.2, -0.15) is 13.2 Å². The summed E-state index contributed by atoms with van der Waals surface area (Å²) in [6, 6.07) is 14.4. The summed E-state index contributed by atoms with van der Waals surface area (Å²) < 4.78 is 51.5. The summed E-state index contributed by atoms with van der Waals surface area (Å²) in [6.07, 6.45) is -4.33. The van der Waals surface area contributed by atoms with E-state index in [1.807, 2.05) is 6.07 Å². The number of alkyl halides is 3. The number of halogens is 4. The maximum absolute atomic E-state index is 13.2. The molecule has 3 rings (SSSR count). The maximum atomic E-state index is 13.2. The van der Waals surface area contributed by atoms with Gasteiger partial charge in [-0.3, -0.25) is 0 Å². The molecule has 0 N–H and O–H groups in total. The third-order valence-electron chi connectivity index (χ3n) is 3.65. The number of hydrogen-bond acceptors (Lipinski definition) is 2. The summed E-state index contributed by atoms with van der Waals surface area (Å²) >= 11 is 0. The molecule has 0 atom stereocenters. The first kappa shape index (κ1) is 16.2. The van der Waals surface area contributed by atoms with Crippen molar-refractivity contribution in [2.24, 2.45) is 0 Å². The van der Waals surface area contributed by atoms with Gasteiger partial charge in [0.05, 0.1) is 16.9 Å². The van der Waals surface area contributed by atoms with Gasteiger partial charge in [0, 0.05) is 18.0 Å². The monoisotopic (exact) mass is 334 g/mol. The molecular formula is C18H14F4N2. The molecule has 6 heteroatoms. The highest BCUT2D eigenvalue weighted by molar-refractivity contribution is 5.89. The van der Waals surface area contributed by atoms with E-state index in [0.29, 0.717) is 22.5 Å². The minimum atomic E-state index is -4.33. The summed E-state index contributed by atoms with van der Waals surface area (Å²) in [6.45, 7) is -1.10. The quantitative estimate of drug-likeness (QED) is 0.624. The van der Waals surface area contributed by atoms with E-state index in [9.17, 15) is 17.6 Å². The van der Waals surface area contributed by atoms with Gasteiger partial charge in [-0.05, 0) is 36.4 Å². The number of aromatic nitrogens is 1. The van der Waals surface area contributed by atoms with E-state index in [0.717, 1.165) is 10.3 Å². The zero-order valence-corrected chi connectivity index (χ0v) is 12.8. The van der Waals surface area contributed by atoms with E-state index in [1.165, 1.54) is 31.3 Å². The van der Waals surface area contributed by atoms with Crippen LogP contribution < -0.4 is 4.90 Å². The fourth-order valence-electron chi connectivity index (χ4n) is 2.57. The Hall–Kier alpha value is -2.63. The molecule has 0 saturated carbocycles. The average molecular weight is 334 g/mol. The number of para-hydroxylation sites is 1. The topological polar surface area (TPSA) is 16.1 Å². The number of hydrogen-bond donors (Lipinski definition) is 0. The molecule has 0 radical (unpaired) electrons. The van der Waals surface area contributed by atoms with Gasteiger partial charge in [-0.25, -0.2) is 9.37 Å². The van der Waals surface area contributed by atoms with E-state index < -0.39 is 18.5 Å². The Labute approximate surface area is 136 Å². The minimum absolute atomic E-state index is 0.345.